The predicted molar refractivity (Wildman–Crippen MR) is 114 cm³/mol. The van der Waals surface area contributed by atoms with Crippen molar-refractivity contribution >= 4 is 33.3 Å². The molecular formula is C22H18N2O4S. The van der Waals surface area contributed by atoms with Crippen LogP contribution in [0.15, 0.2) is 69.2 Å². The van der Waals surface area contributed by atoms with E-state index in [9.17, 15) is 9.59 Å². The fraction of sp³-hybridized carbons (Fsp3) is 0.136. The van der Waals surface area contributed by atoms with Crippen LogP contribution >= 0.6 is 11.3 Å². The van der Waals surface area contributed by atoms with E-state index >= 15 is 0 Å². The first kappa shape index (κ1) is 18.9. The SMILES string of the molecule is CCCOc1ccc2cc(C(=O)Nc3nc(-c4ccccc4)cs3)c(=O)oc2c1. The minimum absolute atomic E-state index is 0.0730. The van der Waals surface area contributed by atoms with E-state index in [2.05, 4.69) is 10.3 Å². The summed E-state index contributed by atoms with van der Waals surface area (Å²) in [5, 5.41) is 5.58. The molecule has 4 aromatic rings. The van der Waals surface area contributed by atoms with Crippen molar-refractivity contribution in [2.24, 2.45) is 0 Å². The van der Waals surface area contributed by atoms with Gasteiger partial charge in [0.25, 0.3) is 5.91 Å². The number of fused-ring (bicyclic) bond motifs is 1. The molecule has 4 rings (SSSR count). The number of anilines is 1. The molecule has 0 unspecified atom stereocenters. The van der Waals surface area contributed by atoms with Gasteiger partial charge in [0, 0.05) is 22.4 Å². The lowest BCUT2D eigenvalue weighted by molar-refractivity contribution is 0.102. The highest BCUT2D eigenvalue weighted by atomic mass is 32.1. The summed E-state index contributed by atoms with van der Waals surface area (Å²) in [6, 6.07) is 16.4. The molecule has 1 N–H and O–H groups in total. The van der Waals surface area contributed by atoms with Crippen LogP contribution in [0.4, 0.5) is 5.13 Å². The molecule has 29 heavy (non-hydrogen) atoms. The zero-order valence-electron chi connectivity index (χ0n) is 15.7. The molecule has 2 heterocycles. The number of hydrogen-bond acceptors (Lipinski definition) is 6. The molecular weight excluding hydrogens is 388 g/mol. The van der Waals surface area contributed by atoms with Crippen LogP contribution in [0.5, 0.6) is 5.75 Å². The molecule has 6 nitrogen and oxygen atoms in total. The topological polar surface area (TPSA) is 81.4 Å². The van der Waals surface area contributed by atoms with Crippen LogP contribution in [0.1, 0.15) is 23.7 Å². The molecule has 0 saturated heterocycles. The Labute approximate surface area is 170 Å². The Morgan fingerprint density at radius 1 is 1.17 bits per heavy atom. The fourth-order valence-electron chi connectivity index (χ4n) is 2.80. The van der Waals surface area contributed by atoms with Crippen molar-refractivity contribution in [3.05, 3.63) is 76.0 Å². The van der Waals surface area contributed by atoms with Gasteiger partial charge in [-0.1, -0.05) is 37.3 Å². The standard InChI is InChI=1S/C22H18N2O4S/c1-2-10-27-16-9-8-15-11-17(21(26)28-19(15)12-16)20(25)24-22-23-18(13-29-22)14-6-4-3-5-7-14/h3-9,11-13H,2,10H2,1H3,(H,23,24,25). The maximum absolute atomic E-state index is 12.6. The molecule has 0 spiro atoms. The molecule has 0 atom stereocenters. The van der Waals surface area contributed by atoms with E-state index in [0.29, 0.717) is 28.5 Å². The van der Waals surface area contributed by atoms with E-state index in [0.717, 1.165) is 17.7 Å². The molecule has 0 aliphatic rings. The lowest BCUT2D eigenvalue weighted by Crippen LogP contribution is -2.20. The molecule has 0 bridgehead atoms. The average Bonchev–Trinajstić information content (AvgIpc) is 3.20. The van der Waals surface area contributed by atoms with Crippen molar-refractivity contribution in [2.75, 3.05) is 11.9 Å². The van der Waals surface area contributed by atoms with E-state index in [1.807, 2.05) is 42.6 Å². The predicted octanol–water partition coefficient (Wildman–Crippen LogP) is 4.96. The lowest BCUT2D eigenvalue weighted by atomic mass is 10.1. The highest BCUT2D eigenvalue weighted by Crippen LogP contribution is 2.25. The Morgan fingerprint density at radius 2 is 2.00 bits per heavy atom. The maximum Gasteiger partial charge on any atom is 0.349 e. The summed E-state index contributed by atoms with van der Waals surface area (Å²) in [6.45, 7) is 2.59. The normalized spacial score (nSPS) is 10.8. The first-order valence-electron chi connectivity index (χ1n) is 9.17. The second kappa shape index (κ2) is 8.28. The summed E-state index contributed by atoms with van der Waals surface area (Å²) in [5.74, 6) is 0.0665. The molecule has 1 amide bonds. The number of aromatic nitrogens is 1. The summed E-state index contributed by atoms with van der Waals surface area (Å²) >= 11 is 1.29. The van der Waals surface area contributed by atoms with Crippen molar-refractivity contribution in [3.63, 3.8) is 0 Å². The van der Waals surface area contributed by atoms with Crippen LogP contribution in [-0.2, 0) is 0 Å². The number of amides is 1. The van der Waals surface area contributed by atoms with Crippen molar-refractivity contribution in [1.82, 2.24) is 4.98 Å². The van der Waals surface area contributed by atoms with Gasteiger partial charge in [-0.05, 0) is 24.6 Å². The van der Waals surface area contributed by atoms with E-state index in [4.69, 9.17) is 9.15 Å². The van der Waals surface area contributed by atoms with Crippen molar-refractivity contribution in [1.29, 1.82) is 0 Å². The van der Waals surface area contributed by atoms with Crippen LogP contribution in [0.25, 0.3) is 22.2 Å². The van der Waals surface area contributed by atoms with Crippen LogP contribution in [-0.4, -0.2) is 17.5 Å². The Bertz CT molecular complexity index is 1210. The lowest BCUT2D eigenvalue weighted by Gasteiger charge is -2.06. The minimum atomic E-state index is -0.706. The van der Waals surface area contributed by atoms with Gasteiger partial charge in [0.05, 0.1) is 12.3 Å². The number of hydrogen-bond donors (Lipinski definition) is 1. The van der Waals surface area contributed by atoms with Crippen LogP contribution in [0.3, 0.4) is 0 Å². The van der Waals surface area contributed by atoms with E-state index < -0.39 is 11.5 Å². The van der Waals surface area contributed by atoms with Crippen molar-refractivity contribution in [2.45, 2.75) is 13.3 Å². The van der Waals surface area contributed by atoms with Gasteiger partial charge >= 0.3 is 5.63 Å². The minimum Gasteiger partial charge on any atom is -0.493 e. The molecule has 2 aromatic heterocycles. The summed E-state index contributed by atoms with van der Waals surface area (Å²) in [6.07, 6.45) is 0.879. The zero-order valence-corrected chi connectivity index (χ0v) is 16.5. The largest absolute Gasteiger partial charge is 0.493 e. The van der Waals surface area contributed by atoms with Gasteiger partial charge in [-0.25, -0.2) is 9.78 Å². The molecule has 0 aliphatic heterocycles. The first-order chi connectivity index (χ1) is 14.1. The number of rotatable bonds is 6. The van der Waals surface area contributed by atoms with Gasteiger partial charge in [-0.15, -0.1) is 11.3 Å². The van der Waals surface area contributed by atoms with Gasteiger partial charge in [0.15, 0.2) is 5.13 Å². The summed E-state index contributed by atoms with van der Waals surface area (Å²) in [7, 11) is 0. The first-order valence-corrected chi connectivity index (χ1v) is 10.0. The molecule has 0 saturated carbocycles. The third-order valence-corrected chi connectivity index (χ3v) is 4.98. The zero-order chi connectivity index (χ0) is 20.2. The van der Waals surface area contributed by atoms with Crippen molar-refractivity contribution in [3.8, 4) is 17.0 Å². The number of carbonyl (C=O) groups is 1. The molecule has 0 aliphatic carbocycles. The Morgan fingerprint density at radius 3 is 2.79 bits per heavy atom. The Kier molecular flexibility index (Phi) is 5.39. The summed E-state index contributed by atoms with van der Waals surface area (Å²) < 4.78 is 10.9. The Hall–Kier alpha value is -3.45. The quantitative estimate of drug-likeness (QED) is 0.458. The maximum atomic E-state index is 12.6. The number of carbonyl (C=O) groups excluding carboxylic acids is 1. The molecule has 0 radical (unpaired) electrons. The number of benzene rings is 2. The second-order valence-corrected chi connectivity index (χ2v) is 7.21. The van der Waals surface area contributed by atoms with Gasteiger partial charge in [0.1, 0.15) is 16.9 Å². The second-order valence-electron chi connectivity index (χ2n) is 6.35. The monoisotopic (exact) mass is 406 g/mol. The highest BCUT2D eigenvalue weighted by Gasteiger charge is 2.16. The van der Waals surface area contributed by atoms with E-state index in [1.54, 1.807) is 18.2 Å². The van der Waals surface area contributed by atoms with Crippen LogP contribution in [0.2, 0.25) is 0 Å². The number of ether oxygens (including phenoxy) is 1. The van der Waals surface area contributed by atoms with E-state index in [1.165, 1.54) is 17.4 Å². The van der Waals surface area contributed by atoms with Crippen LogP contribution in [0, 0.1) is 0 Å². The van der Waals surface area contributed by atoms with Gasteiger partial charge in [-0.2, -0.15) is 0 Å². The number of thiazole rings is 1. The van der Waals surface area contributed by atoms with Crippen molar-refractivity contribution < 1.29 is 13.9 Å². The molecule has 0 fully saturated rings. The number of nitrogens with one attached hydrogen (secondary N) is 1. The van der Waals surface area contributed by atoms with Crippen LogP contribution < -0.4 is 15.7 Å². The van der Waals surface area contributed by atoms with E-state index in [-0.39, 0.29) is 5.56 Å². The Balaban J connectivity index is 1.56. The molecule has 7 heteroatoms. The van der Waals surface area contributed by atoms with Gasteiger partial charge < -0.3 is 9.15 Å². The third-order valence-electron chi connectivity index (χ3n) is 4.22. The fourth-order valence-corrected chi connectivity index (χ4v) is 3.51. The number of nitrogens with zero attached hydrogens (tertiary/aromatic N) is 1. The average molecular weight is 406 g/mol. The van der Waals surface area contributed by atoms with Gasteiger partial charge in [-0.3, -0.25) is 10.1 Å². The third kappa shape index (κ3) is 4.20. The highest BCUT2D eigenvalue weighted by molar-refractivity contribution is 7.14. The molecule has 146 valence electrons. The summed E-state index contributed by atoms with van der Waals surface area (Å²) in [5.41, 5.74) is 1.31. The van der Waals surface area contributed by atoms with Gasteiger partial charge in [0.2, 0.25) is 0 Å². The molecule has 2 aromatic carbocycles. The smallest absolute Gasteiger partial charge is 0.349 e. The summed E-state index contributed by atoms with van der Waals surface area (Å²) in [4.78, 5) is 29.4.